The molecule has 6 rings (SSSR count). The van der Waals surface area contributed by atoms with Crippen molar-refractivity contribution in [2.45, 2.75) is 19.6 Å². The van der Waals surface area contributed by atoms with Gasteiger partial charge in [-0.3, -0.25) is 4.79 Å². The molecule has 0 saturated heterocycles. The molecule has 44 heavy (non-hydrogen) atoms. The number of nitrogens with two attached hydrogens (primary N) is 1. The highest BCUT2D eigenvalue weighted by atomic mass is 19.4. The van der Waals surface area contributed by atoms with Crippen molar-refractivity contribution < 1.29 is 41.3 Å². The van der Waals surface area contributed by atoms with Crippen LogP contribution in [0.25, 0.3) is 32.8 Å². The molecule has 5 aromatic rings. The van der Waals surface area contributed by atoms with Crippen molar-refractivity contribution in [3.05, 3.63) is 70.9 Å². The zero-order valence-electron chi connectivity index (χ0n) is 23.1. The summed E-state index contributed by atoms with van der Waals surface area (Å²) in [5.74, 6) is -4.59. The molecular formula is C30H22F5N5O4. The van der Waals surface area contributed by atoms with Crippen molar-refractivity contribution >= 4 is 39.1 Å². The number of aromatic hydroxyl groups is 1. The maximum absolute atomic E-state index is 16.8. The van der Waals surface area contributed by atoms with Crippen LogP contribution in [0.4, 0.5) is 33.6 Å². The predicted octanol–water partition coefficient (Wildman–Crippen LogP) is 6.04. The van der Waals surface area contributed by atoms with Crippen LogP contribution in [0.2, 0.25) is 0 Å². The molecule has 0 spiro atoms. The number of methoxy groups -OCH3 is 1. The van der Waals surface area contributed by atoms with Gasteiger partial charge in [-0.15, -0.1) is 0 Å². The first-order valence-corrected chi connectivity index (χ1v) is 13.1. The lowest BCUT2D eigenvalue weighted by atomic mass is 9.88. The van der Waals surface area contributed by atoms with Crippen molar-refractivity contribution in [3.8, 4) is 28.6 Å². The molecule has 0 saturated carbocycles. The number of carbonyl (C=O) groups is 1. The van der Waals surface area contributed by atoms with Crippen LogP contribution >= 0.6 is 0 Å². The molecular weight excluding hydrogens is 589 g/mol. The minimum atomic E-state index is -5.25. The van der Waals surface area contributed by atoms with Crippen molar-refractivity contribution in [2.24, 2.45) is 0 Å². The Kier molecular flexibility index (Phi) is 6.86. The van der Waals surface area contributed by atoms with Crippen molar-refractivity contribution in [3.63, 3.8) is 0 Å². The van der Waals surface area contributed by atoms with E-state index in [4.69, 9.17) is 15.2 Å². The average molecular weight is 612 g/mol. The minimum absolute atomic E-state index is 0.00127. The van der Waals surface area contributed by atoms with E-state index in [0.29, 0.717) is 5.56 Å². The first kappa shape index (κ1) is 28.8. The van der Waals surface area contributed by atoms with Gasteiger partial charge in [-0.25, -0.2) is 13.8 Å². The number of rotatable bonds is 5. The molecule has 3 aromatic carbocycles. The van der Waals surface area contributed by atoms with E-state index >= 15 is 17.6 Å². The summed E-state index contributed by atoms with van der Waals surface area (Å²) in [4.78, 5) is 26.5. The Bertz CT molecular complexity index is 2000. The van der Waals surface area contributed by atoms with Crippen LogP contribution < -0.4 is 20.1 Å². The number of fused-ring (bicyclic) bond motifs is 1. The first-order chi connectivity index (χ1) is 20.9. The fraction of sp³-hybridized carbons (Fsp3) is 0.200. The molecule has 3 N–H and O–H groups in total. The number of anilines is 2. The molecule has 0 radical (unpaired) electrons. The van der Waals surface area contributed by atoms with E-state index in [2.05, 4.69) is 15.0 Å². The first-order valence-electron chi connectivity index (χ1n) is 13.1. The van der Waals surface area contributed by atoms with Gasteiger partial charge < -0.3 is 25.2 Å². The number of ether oxygens (including phenoxy) is 2. The van der Waals surface area contributed by atoms with Gasteiger partial charge in [-0.1, -0.05) is 12.1 Å². The smallest absolute Gasteiger partial charge is 0.420 e. The molecule has 1 aliphatic heterocycles. The second kappa shape index (κ2) is 10.5. The van der Waals surface area contributed by atoms with E-state index in [0.717, 1.165) is 25.1 Å². The summed E-state index contributed by atoms with van der Waals surface area (Å²) in [6.07, 6.45) is -3.77. The SMILES string of the molecule is COc1nc2c3c(c(C(F)(F)F)c(-c4cc(O)cc5ccc(F)c(C(C)=O)c45)c(F)c3n1)OCCN2Cc1cccnc1N. The molecule has 14 heteroatoms. The summed E-state index contributed by atoms with van der Waals surface area (Å²) in [5, 5.41) is 9.79. The van der Waals surface area contributed by atoms with Gasteiger partial charge in [0.15, 0.2) is 11.6 Å². The Morgan fingerprint density at radius 1 is 1.16 bits per heavy atom. The molecule has 0 amide bonds. The summed E-state index contributed by atoms with van der Waals surface area (Å²) in [5.41, 5.74) is 2.15. The highest BCUT2D eigenvalue weighted by Crippen LogP contribution is 2.52. The number of ketones is 1. The van der Waals surface area contributed by atoms with Gasteiger partial charge in [0, 0.05) is 29.3 Å². The van der Waals surface area contributed by atoms with Crippen LogP contribution in [-0.2, 0) is 12.7 Å². The quantitative estimate of drug-likeness (QED) is 0.181. The third kappa shape index (κ3) is 4.62. The number of phenols is 1. The van der Waals surface area contributed by atoms with Crippen LogP contribution in [0, 0.1) is 11.6 Å². The number of hydrogen-bond acceptors (Lipinski definition) is 9. The maximum atomic E-state index is 16.8. The van der Waals surface area contributed by atoms with Crippen LogP contribution in [0.1, 0.15) is 28.4 Å². The molecule has 0 unspecified atom stereocenters. The number of pyridine rings is 1. The molecule has 0 atom stereocenters. The third-order valence-corrected chi connectivity index (χ3v) is 7.33. The lowest BCUT2D eigenvalue weighted by Gasteiger charge is -2.24. The topological polar surface area (TPSA) is 124 Å². The third-order valence-electron chi connectivity index (χ3n) is 7.33. The molecule has 1 aliphatic rings. The molecule has 9 nitrogen and oxygen atoms in total. The number of nitrogens with zero attached hydrogens (tertiary/aromatic N) is 4. The summed E-state index contributed by atoms with van der Waals surface area (Å²) in [7, 11) is 1.21. The summed E-state index contributed by atoms with van der Waals surface area (Å²) in [6, 6.07) is 7.04. The summed E-state index contributed by atoms with van der Waals surface area (Å²) >= 11 is 0. The van der Waals surface area contributed by atoms with E-state index in [1.807, 2.05) is 0 Å². The van der Waals surface area contributed by atoms with Crippen molar-refractivity contribution in [1.29, 1.82) is 0 Å². The van der Waals surface area contributed by atoms with E-state index in [1.54, 1.807) is 17.0 Å². The van der Waals surface area contributed by atoms with Crippen LogP contribution in [0.3, 0.4) is 0 Å². The number of aromatic nitrogens is 3. The summed E-state index contributed by atoms with van der Waals surface area (Å²) < 4.78 is 88.0. The second-order valence-electron chi connectivity index (χ2n) is 10.0. The highest BCUT2D eigenvalue weighted by molar-refractivity contribution is 6.14. The number of alkyl halides is 3. The van der Waals surface area contributed by atoms with Crippen LogP contribution in [0.15, 0.2) is 42.6 Å². The highest BCUT2D eigenvalue weighted by Gasteiger charge is 2.43. The maximum Gasteiger partial charge on any atom is 0.420 e. The van der Waals surface area contributed by atoms with Gasteiger partial charge in [-0.2, -0.15) is 23.1 Å². The Morgan fingerprint density at radius 3 is 2.61 bits per heavy atom. The second-order valence-corrected chi connectivity index (χ2v) is 10.0. The molecule has 0 bridgehead atoms. The number of Topliss-reactive ketones (excluding diaryl/α,β-unsaturated/α-hetero) is 1. The van der Waals surface area contributed by atoms with E-state index in [9.17, 15) is 14.3 Å². The van der Waals surface area contributed by atoms with Gasteiger partial charge in [0.25, 0.3) is 0 Å². The Labute approximate surface area is 245 Å². The van der Waals surface area contributed by atoms with E-state index in [1.165, 1.54) is 19.4 Å². The standard InChI is InChI=1S/C30H22F5N5O4/c1-13(41)19-18(31)6-5-14-10-16(42)11-17(20(14)19)21-23(30(33,34)35)26-22-25(24(21)32)38-29(43-2)39-28(22)40(8-9-44-26)12-15-4-3-7-37-27(15)36/h3-7,10-11,42H,8-9,12H2,1-2H3,(H2,36,37). The van der Waals surface area contributed by atoms with Crippen LogP contribution in [-0.4, -0.2) is 46.1 Å². The molecule has 0 aliphatic carbocycles. The fourth-order valence-electron chi connectivity index (χ4n) is 5.53. The Balaban J connectivity index is 1.77. The van der Waals surface area contributed by atoms with Gasteiger partial charge >= 0.3 is 12.2 Å². The number of phenolic OH excluding ortho intramolecular Hbond substituents is 1. The minimum Gasteiger partial charge on any atom is -0.508 e. The number of halogens is 5. The number of hydrogen-bond donors (Lipinski definition) is 2. The fourth-order valence-corrected chi connectivity index (χ4v) is 5.53. The predicted molar refractivity (Wildman–Crippen MR) is 151 cm³/mol. The number of carbonyl (C=O) groups excluding carboxylic acids is 1. The lowest BCUT2D eigenvalue weighted by Crippen LogP contribution is -2.28. The zero-order chi connectivity index (χ0) is 31.5. The van der Waals surface area contributed by atoms with E-state index in [-0.39, 0.29) is 53.5 Å². The number of benzene rings is 3. The average Bonchev–Trinajstić information content (AvgIpc) is 3.14. The van der Waals surface area contributed by atoms with Gasteiger partial charge in [0.05, 0.1) is 24.6 Å². The van der Waals surface area contributed by atoms with Crippen molar-refractivity contribution in [1.82, 2.24) is 15.0 Å². The Morgan fingerprint density at radius 2 is 1.93 bits per heavy atom. The largest absolute Gasteiger partial charge is 0.508 e. The lowest BCUT2D eigenvalue weighted by molar-refractivity contribution is -0.138. The van der Waals surface area contributed by atoms with Gasteiger partial charge in [-0.05, 0) is 42.1 Å². The van der Waals surface area contributed by atoms with Crippen LogP contribution in [0.5, 0.6) is 17.5 Å². The van der Waals surface area contributed by atoms with Gasteiger partial charge in [0.2, 0.25) is 0 Å². The molecule has 3 heterocycles. The van der Waals surface area contributed by atoms with Crippen molar-refractivity contribution in [2.75, 3.05) is 30.9 Å². The van der Waals surface area contributed by atoms with E-state index < -0.39 is 62.9 Å². The normalized spacial score (nSPS) is 13.2. The van der Waals surface area contributed by atoms with Gasteiger partial charge in [0.1, 0.15) is 46.6 Å². The zero-order valence-corrected chi connectivity index (χ0v) is 23.1. The monoisotopic (exact) mass is 611 g/mol. The molecule has 226 valence electrons. The number of nitrogen functional groups attached to an aromatic ring is 1. The Hall–Kier alpha value is -5.27. The molecule has 0 fully saturated rings. The summed E-state index contributed by atoms with van der Waals surface area (Å²) in [6.45, 7) is 0.763. The molecule has 2 aromatic heterocycles.